The molecule has 1 radical (unpaired) electrons. The summed E-state index contributed by atoms with van der Waals surface area (Å²) in [4.78, 5) is 0. The third-order valence-corrected chi connectivity index (χ3v) is 2.62. The van der Waals surface area contributed by atoms with Crippen LogP contribution in [0.15, 0.2) is 24.3 Å². The van der Waals surface area contributed by atoms with E-state index in [2.05, 4.69) is 10.2 Å². The molecule has 0 heterocycles. The normalized spacial score (nSPS) is 12.9. The van der Waals surface area contributed by atoms with Gasteiger partial charge in [0.2, 0.25) is 0 Å². The molecule has 0 atom stereocenters. The van der Waals surface area contributed by atoms with Crippen LogP contribution < -0.4 is 4.18 Å². The van der Waals surface area contributed by atoms with Gasteiger partial charge in [-0.05, 0) is 6.92 Å². The molecule has 1 aromatic carbocycles. The second kappa shape index (κ2) is 4.79. The molecule has 0 unspecified atom stereocenters. The monoisotopic (exact) mass is 265 g/mol. The van der Waals surface area contributed by atoms with Crippen LogP contribution in [0.25, 0.3) is 6.08 Å². The van der Waals surface area contributed by atoms with E-state index >= 15 is 0 Å². The Balaban J connectivity index is 3.13. The highest BCUT2D eigenvalue weighted by Gasteiger charge is 2.48. The highest BCUT2D eigenvalue weighted by atomic mass is 32.2. The van der Waals surface area contributed by atoms with Crippen LogP contribution in [-0.2, 0) is 10.1 Å². The Morgan fingerprint density at radius 1 is 1.41 bits per heavy atom. The van der Waals surface area contributed by atoms with Gasteiger partial charge in [-0.2, -0.15) is 21.6 Å². The summed E-state index contributed by atoms with van der Waals surface area (Å²) in [6, 6.07) is 6.47. The minimum Gasteiger partial charge on any atom is -0.375 e. The molecule has 0 fully saturated rings. The maximum absolute atomic E-state index is 12.1. The summed E-state index contributed by atoms with van der Waals surface area (Å²) in [6.07, 6.45) is 2.95. The Hall–Kier alpha value is -1.50. The molecular formula is C10H8F3O3S. The molecule has 0 aromatic heterocycles. The van der Waals surface area contributed by atoms with Gasteiger partial charge in [-0.1, -0.05) is 30.4 Å². The summed E-state index contributed by atoms with van der Waals surface area (Å²) in [6.45, 7) is 1.63. The minimum atomic E-state index is -5.66. The number of alkyl halides is 3. The van der Waals surface area contributed by atoms with E-state index in [1.165, 1.54) is 30.4 Å². The highest BCUT2D eigenvalue weighted by Crippen LogP contribution is 2.28. The Bertz CT molecular complexity index is 518. The molecule has 0 aliphatic rings. The lowest BCUT2D eigenvalue weighted by Gasteiger charge is -2.10. The number of para-hydroxylation sites is 1. The Morgan fingerprint density at radius 3 is 2.59 bits per heavy atom. The SMILES string of the molecule is CC=Cc1ccc[c]c1OS(=O)(=O)C(F)(F)F. The lowest BCUT2D eigenvalue weighted by atomic mass is 10.2. The van der Waals surface area contributed by atoms with Gasteiger partial charge in [0.05, 0.1) is 0 Å². The van der Waals surface area contributed by atoms with Crippen molar-refractivity contribution in [3.8, 4) is 5.75 Å². The Labute approximate surface area is 96.6 Å². The fourth-order valence-corrected chi connectivity index (χ4v) is 1.43. The average molecular weight is 265 g/mol. The van der Waals surface area contributed by atoms with Crippen molar-refractivity contribution in [2.45, 2.75) is 12.4 Å². The van der Waals surface area contributed by atoms with E-state index < -0.39 is 21.4 Å². The van der Waals surface area contributed by atoms with Crippen molar-refractivity contribution >= 4 is 16.2 Å². The quantitative estimate of drug-likeness (QED) is 0.623. The lowest BCUT2D eigenvalue weighted by molar-refractivity contribution is -0.0500. The van der Waals surface area contributed by atoms with Gasteiger partial charge in [-0.15, -0.1) is 0 Å². The summed E-state index contributed by atoms with van der Waals surface area (Å²) in [5, 5.41) is 0. The number of rotatable bonds is 3. The van der Waals surface area contributed by atoms with Crippen molar-refractivity contribution in [1.82, 2.24) is 0 Å². The molecule has 1 aromatic rings. The van der Waals surface area contributed by atoms with Crippen molar-refractivity contribution in [3.63, 3.8) is 0 Å². The second-order valence-corrected chi connectivity index (χ2v) is 4.48. The fourth-order valence-electron chi connectivity index (χ4n) is 0.975. The Kier molecular flexibility index (Phi) is 3.82. The molecule has 93 valence electrons. The molecule has 1 rings (SSSR count). The van der Waals surface area contributed by atoms with Crippen LogP contribution in [0.1, 0.15) is 12.5 Å². The minimum absolute atomic E-state index is 0.197. The predicted octanol–water partition coefficient (Wildman–Crippen LogP) is 2.75. The second-order valence-electron chi connectivity index (χ2n) is 2.94. The van der Waals surface area contributed by atoms with Crippen LogP contribution in [0.2, 0.25) is 0 Å². The van der Waals surface area contributed by atoms with Crippen molar-refractivity contribution in [2.24, 2.45) is 0 Å². The first-order valence-corrected chi connectivity index (χ1v) is 5.83. The van der Waals surface area contributed by atoms with E-state index in [4.69, 9.17) is 0 Å². The van der Waals surface area contributed by atoms with Gasteiger partial charge in [-0.3, -0.25) is 0 Å². The smallest absolute Gasteiger partial charge is 0.375 e. The van der Waals surface area contributed by atoms with Crippen LogP contribution in [0, 0.1) is 6.07 Å². The molecule has 0 spiro atoms. The van der Waals surface area contributed by atoms with Crippen LogP contribution >= 0.6 is 0 Å². The maximum Gasteiger partial charge on any atom is 0.534 e. The van der Waals surface area contributed by atoms with Crippen molar-refractivity contribution in [3.05, 3.63) is 35.9 Å². The van der Waals surface area contributed by atoms with Crippen LogP contribution in [-0.4, -0.2) is 13.9 Å². The zero-order valence-corrected chi connectivity index (χ0v) is 9.47. The summed E-state index contributed by atoms with van der Waals surface area (Å²) in [5.41, 5.74) is -5.26. The molecule has 7 heteroatoms. The van der Waals surface area contributed by atoms with Gasteiger partial charge in [0, 0.05) is 11.6 Å². The van der Waals surface area contributed by atoms with Crippen molar-refractivity contribution in [1.29, 1.82) is 0 Å². The van der Waals surface area contributed by atoms with Gasteiger partial charge in [-0.25, -0.2) is 0 Å². The topological polar surface area (TPSA) is 43.4 Å². The van der Waals surface area contributed by atoms with Gasteiger partial charge >= 0.3 is 15.6 Å². The average Bonchev–Trinajstić information content (AvgIpc) is 2.19. The summed E-state index contributed by atoms with van der Waals surface area (Å²) >= 11 is 0. The number of allylic oxidation sites excluding steroid dienone is 1. The first-order chi connectivity index (χ1) is 7.78. The van der Waals surface area contributed by atoms with E-state index in [9.17, 15) is 21.6 Å². The van der Waals surface area contributed by atoms with E-state index in [0.29, 0.717) is 0 Å². The Morgan fingerprint density at radius 2 is 2.06 bits per heavy atom. The van der Waals surface area contributed by atoms with E-state index in [0.717, 1.165) is 0 Å². The molecule has 0 saturated carbocycles. The largest absolute Gasteiger partial charge is 0.534 e. The molecule has 0 bridgehead atoms. The van der Waals surface area contributed by atoms with E-state index in [1.54, 1.807) is 6.92 Å². The van der Waals surface area contributed by atoms with Crippen LogP contribution in [0.4, 0.5) is 13.2 Å². The highest BCUT2D eigenvalue weighted by molar-refractivity contribution is 7.88. The summed E-state index contributed by atoms with van der Waals surface area (Å²) < 4.78 is 61.8. The molecular weight excluding hydrogens is 257 g/mol. The molecule has 0 aliphatic carbocycles. The summed E-state index contributed by atoms with van der Waals surface area (Å²) in [7, 11) is -5.66. The number of benzene rings is 1. The number of halogens is 3. The third kappa shape index (κ3) is 3.23. The van der Waals surface area contributed by atoms with Crippen LogP contribution in [0.3, 0.4) is 0 Å². The standard InChI is InChI=1S/C10H8F3O3S/c1-2-5-8-6-3-4-7-9(8)16-17(14,15)10(11,12)13/h2-6H,1H3. The fraction of sp³-hybridized carbons (Fsp3) is 0.200. The van der Waals surface area contributed by atoms with Gasteiger partial charge in [0.1, 0.15) is 0 Å². The molecule has 0 saturated heterocycles. The zero-order chi connectivity index (χ0) is 13.1. The van der Waals surface area contributed by atoms with Crippen molar-refractivity contribution < 1.29 is 25.8 Å². The molecule has 17 heavy (non-hydrogen) atoms. The molecule has 3 nitrogen and oxygen atoms in total. The first-order valence-electron chi connectivity index (χ1n) is 4.42. The molecule has 0 N–H and O–H groups in total. The van der Waals surface area contributed by atoms with Gasteiger partial charge < -0.3 is 4.18 Å². The van der Waals surface area contributed by atoms with E-state index in [1.807, 2.05) is 0 Å². The predicted molar refractivity (Wildman–Crippen MR) is 55.6 cm³/mol. The number of hydrogen-bond donors (Lipinski definition) is 0. The zero-order valence-electron chi connectivity index (χ0n) is 8.65. The van der Waals surface area contributed by atoms with Crippen molar-refractivity contribution in [2.75, 3.05) is 0 Å². The maximum atomic E-state index is 12.1. The third-order valence-electron chi connectivity index (χ3n) is 1.67. The van der Waals surface area contributed by atoms with E-state index in [-0.39, 0.29) is 5.56 Å². The summed E-state index contributed by atoms with van der Waals surface area (Å²) in [5.74, 6) is -0.483. The molecule has 0 aliphatic heterocycles. The van der Waals surface area contributed by atoms with Crippen LogP contribution in [0.5, 0.6) is 5.75 Å². The lowest BCUT2D eigenvalue weighted by Crippen LogP contribution is -2.28. The van der Waals surface area contributed by atoms with Gasteiger partial charge in [0.15, 0.2) is 5.75 Å². The number of hydrogen-bond acceptors (Lipinski definition) is 3. The van der Waals surface area contributed by atoms with Gasteiger partial charge in [0.25, 0.3) is 0 Å². The molecule has 0 amide bonds. The first kappa shape index (κ1) is 13.6.